The van der Waals surface area contributed by atoms with Crippen LogP contribution >= 0.6 is 0 Å². The molecule has 1 saturated heterocycles. The zero-order valence-electron chi connectivity index (χ0n) is 5.75. The average molecular weight is 162 g/mol. The molecule has 1 rings (SSSR count). The molecule has 11 heavy (non-hydrogen) atoms. The van der Waals surface area contributed by atoms with Gasteiger partial charge in [0, 0.05) is 0 Å². The largest absolute Gasteiger partial charge is 0.394 e. The third-order valence-corrected chi connectivity index (χ3v) is 1.71. The number of carbonyl (C=O) groups is 1. The zero-order chi connectivity index (χ0) is 8.43. The number of hydrogen-bond donors (Lipinski definition) is 3. The first kappa shape index (κ1) is 8.61. The van der Waals surface area contributed by atoms with E-state index < -0.39 is 31.0 Å². The van der Waals surface area contributed by atoms with Crippen LogP contribution in [0.15, 0.2) is 0 Å². The lowest BCUT2D eigenvalue weighted by molar-refractivity contribution is -0.121. The molecule has 4 atom stereocenters. The predicted octanol–water partition coefficient (Wildman–Crippen LogP) is -2.33. The maximum atomic E-state index is 10.1. The first-order valence-electron chi connectivity index (χ1n) is 3.28. The minimum atomic E-state index is -1.22. The van der Waals surface area contributed by atoms with Gasteiger partial charge in [-0.05, 0) is 0 Å². The Hall–Kier alpha value is -0.490. The standard InChI is InChI=1S/C6H10O5/c7-1-3-5(9)6(10)4(2-8)11-3/h1,3-6,8-10H,2H2/t3?,4?,5-,6-/m1/s1. The van der Waals surface area contributed by atoms with E-state index in [9.17, 15) is 4.79 Å². The fourth-order valence-electron chi connectivity index (χ4n) is 1.04. The Labute approximate surface area is 63.2 Å². The second kappa shape index (κ2) is 3.27. The molecule has 64 valence electrons. The summed E-state index contributed by atoms with van der Waals surface area (Å²) in [7, 11) is 0. The number of rotatable bonds is 2. The van der Waals surface area contributed by atoms with E-state index in [1.807, 2.05) is 0 Å². The smallest absolute Gasteiger partial charge is 0.151 e. The molecule has 1 heterocycles. The highest BCUT2D eigenvalue weighted by atomic mass is 16.6. The second-order valence-electron chi connectivity index (χ2n) is 2.44. The Morgan fingerprint density at radius 2 is 2.00 bits per heavy atom. The molecule has 0 saturated carbocycles. The van der Waals surface area contributed by atoms with Crippen LogP contribution in [0, 0.1) is 0 Å². The molecule has 1 fully saturated rings. The summed E-state index contributed by atoms with van der Waals surface area (Å²) in [5.74, 6) is 0. The monoisotopic (exact) mass is 162 g/mol. The van der Waals surface area contributed by atoms with Gasteiger partial charge in [0.2, 0.25) is 0 Å². The molecule has 0 bridgehead atoms. The number of carbonyl (C=O) groups excluding carboxylic acids is 1. The van der Waals surface area contributed by atoms with Gasteiger partial charge in [-0.2, -0.15) is 0 Å². The zero-order valence-corrected chi connectivity index (χ0v) is 5.75. The summed E-state index contributed by atoms with van der Waals surface area (Å²) >= 11 is 0. The summed E-state index contributed by atoms with van der Waals surface area (Å²) in [5, 5.41) is 26.7. The Balaban J connectivity index is 2.60. The molecular formula is C6H10O5. The molecule has 0 aliphatic carbocycles. The van der Waals surface area contributed by atoms with Crippen LogP contribution in [-0.4, -0.2) is 52.6 Å². The van der Waals surface area contributed by atoms with Gasteiger partial charge >= 0.3 is 0 Å². The fraction of sp³-hybridized carbons (Fsp3) is 0.833. The summed E-state index contributed by atoms with van der Waals surface area (Å²) in [5.41, 5.74) is 0. The first-order chi connectivity index (χ1) is 5.20. The lowest BCUT2D eigenvalue weighted by Gasteiger charge is -2.10. The van der Waals surface area contributed by atoms with E-state index in [4.69, 9.17) is 20.1 Å². The van der Waals surface area contributed by atoms with Gasteiger partial charge in [-0.3, -0.25) is 0 Å². The summed E-state index contributed by atoms with van der Waals surface area (Å²) in [6.07, 6.45) is -3.84. The topological polar surface area (TPSA) is 87.0 Å². The van der Waals surface area contributed by atoms with Crippen LogP contribution in [0.1, 0.15) is 0 Å². The van der Waals surface area contributed by atoms with Gasteiger partial charge in [0.05, 0.1) is 6.61 Å². The maximum absolute atomic E-state index is 10.1. The lowest BCUT2D eigenvalue weighted by atomic mass is 10.1. The van der Waals surface area contributed by atoms with Crippen molar-refractivity contribution >= 4 is 6.29 Å². The second-order valence-corrected chi connectivity index (χ2v) is 2.44. The van der Waals surface area contributed by atoms with Gasteiger partial charge in [-0.1, -0.05) is 0 Å². The molecule has 0 amide bonds. The van der Waals surface area contributed by atoms with Gasteiger partial charge in [0.25, 0.3) is 0 Å². The van der Waals surface area contributed by atoms with Crippen molar-refractivity contribution in [3.05, 3.63) is 0 Å². The Morgan fingerprint density at radius 1 is 1.36 bits per heavy atom. The molecular weight excluding hydrogens is 152 g/mol. The number of ether oxygens (including phenoxy) is 1. The molecule has 0 spiro atoms. The van der Waals surface area contributed by atoms with Crippen LogP contribution in [0.5, 0.6) is 0 Å². The molecule has 0 aromatic carbocycles. The summed E-state index contributed by atoms with van der Waals surface area (Å²) in [6.45, 7) is -0.400. The van der Waals surface area contributed by atoms with Crippen LogP contribution in [0.3, 0.4) is 0 Å². The van der Waals surface area contributed by atoms with Crippen molar-refractivity contribution < 1.29 is 24.9 Å². The van der Waals surface area contributed by atoms with E-state index in [2.05, 4.69) is 0 Å². The van der Waals surface area contributed by atoms with Crippen molar-refractivity contribution in [1.82, 2.24) is 0 Å². The SMILES string of the molecule is O=CC1OC(CO)[C@@H](O)[C@@H]1O. The Kier molecular flexibility index (Phi) is 2.56. The van der Waals surface area contributed by atoms with Crippen LogP contribution in [0.4, 0.5) is 0 Å². The van der Waals surface area contributed by atoms with Gasteiger partial charge in [-0.25, -0.2) is 0 Å². The van der Waals surface area contributed by atoms with Crippen molar-refractivity contribution in [2.45, 2.75) is 24.4 Å². The molecule has 0 aromatic rings. The molecule has 2 unspecified atom stereocenters. The minimum absolute atomic E-state index is 0.400. The Bertz CT molecular complexity index is 148. The Morgan fingerprint density at radius 3 is 2.27 bits per heavy atom. The highest BCUT2D eigenvalue weighted by molar-refractivity contribution is 5.58. The predicted molar refractivity (Wildman–Crippen MR) is 33.8 cm³/mol. The third-order valence-electron chi connectivity index (χ3n) is 1.71. The fourth-order valence-corrected chi connectivity index (χ4v) is 1.04. The first-order valence-corrected chi connectivity index (χ1v) is 3.28. The van der Waals surface area contributed by atoms with Gasteiger partial charge in [-0.15, -0.1) is 0 Å². The van der Waals surface area contributed by atoms with Crippen LogP contribution < -0.4 is 0 Å². The molecule has 1 aliphatic rings. The maximum Gasteiger partial charge on any atom is 0.151 e. The van der Waals surface area contributed by atoms with Crippen molar-refractivity contribution in [1.29, 1.82) is 0 Å². The number of aliphatic hydroxyl groups is 3. The molecule has 0 aromatic heterocycles. The minimum Gasteiger partial charge on any atom is -0.394 e. The summed E-state index contributed by atoms with van der Waals surface area (Å²) in [6, 6.07) is 0. The van der Waals surface area contributed by atoms with Crippen LogP contribution in [0.25, 0.3) is 0 Å². The van der Waals surface area contributed by atoms with E-state index in [0.717, 1.165) is 0 Å². The van der Waals surface area contributed by atoms with Crippen molar-refractivity contribution in [3.63, 3.8) is 0 Å². The number of hydrogen-bond acceptors (Lipinski definition) is 5. The summed E-state index contributed by atoms with van der Waals surface area (Å²) in [4.78, 5) is 10.1. The lowest BCUT2D eigenvalue weighted by Crippen LogP contribution is -2.34. The van der Waals surface area contributed by atoms with Crippen molar-refractivity contribution in [2.24, 2.45) is 0 Å². The molecule has 0 radical (unpaired) electrons. The quantitative estimate of drug-likeness (QED) is 0.396. The number of aldehydes is 1. The van der Waals surface area contributed by atoms with E-state index >= 15 is 0 Å². The summed E-state index contributed by atoms with van der Waals surface area (Å²) < 4.78 is 4.77. The highest BCUT2D eigenvalue weighted by Gasteiger charge is 2.41. The van der Waals surface area contributed by atoms with E-state index in [-0.39, 0.29) is 0 Å². The molecule has 1 aliphatic heterocycles. The van der Waals surface area contributed by atoms with Crippen LogP contribution in [-0.2, 0) is 9.53 Å². The van der Waals surface area contributed by atoms with E-state index in [1.54, 1.807) is 0 Å². The number of aliphatic hydroxyl groups excluding tert-OH is 3. The van der Waals surface area contributed by atoms with E-state index in [1.165, 1.54) is 0 Å². The highest BCUT2D eigenvalue weighted by Crippen LogP contribution is 2.19. The molecule has 5 nitrogen and oxygen atoms in total. The normalized spacial score (nSPS) is 44.3. The average Bonchev–Trinajstić information content (AvgIpc) is 2.30. The van der Waals surface area contributed by atoms with Crippen LogP contribution in [0.2, 0.25) is 0 Å². The van der Waals surface area contributed by atoms with Gasteiger partial charge < -0.3 is 24.9 Å². The van der Waals surface area contributed by atoms with E-state index in [0.29, 0.717) is 6.29 Å². The molecule has 5 heteroatoms. The van der Waals surface area contributed by atoms with Gasteiger partial charge in [0.15, 0.2) is 6.29 Å². The molecule has 3 N–H and O–H groups in total. The third kappa shape index (κ3) is 1.41. The van der Waals surface area contributed by atoms with Crippen molar-refractivity contribution in [2.75, 3.05) is 6.61 Å². The van der Waals surface area contributed by atoms with Crippen molar-refractivity contribution in [3.8, 4) is 0 Å². The van der Waals surface area contributed by atoms with Gasteiger partial charge in [0.1, 0.15) is 24.4 Å².